The number of para-hydroxylation sites is 1. The third kappa shape index (κ3) is 3.92. The van der Waals surface area contributed by atoms with Gasteiger partial charge in [0.05, 0.1) is 17.2 Å². The van der Waals surface area contributed by atoms with E-state index in [0.29, 0.717) is 29.0 Å². The molecule has 1 atom stereocenters. The van der Waals surface area contributed by atoms with Crippen molar-refractivity contribution in [2.45, 2.75) is 25.9 Å². The van der Waals surface area contributed by atoms with Crippen molar-refractivity contribution in [3.8, 4) is 5.75 Å². The number of fused-ring (bicyclic) bond motifs is 1. The first-order valence-electron chi connectivity index (χ1n) is 9.29. The molecule has 6 nitrogen and oxygen atoms in total. The van der Waals surface area contributed by atoms with E-state index in [0.717, 1.165) is 25.0 Å². The Labute approximate surface area is 162 Å². The number of carbonyl (C=O) groups is 1. The summed E-state index contributed by atoms with van der Waals surface area (Å²) in [7, 11) is 0. The summed E-state index contributed by atoms with van der Waals surface area (Å²) in [6.45, 7) is 3.14. The summed E-state index contributed by atoms with van der Waals surface area (Å²) in [5.74, 6) is 0.00927. The highest BCUT2D eigenvalue weighted by Crippen LogP contribution is 2.27. The highest BCUT2D eigenvalue weighted by Gasteiger charge is 2.18. The normalized spacial score (nSPS) is 16.2. The molecule has 28 heavy (non-hydrogen) atoms. The minimum Gasteiger partial charge on any atom is -0.489 e. The van der Waals surface area contributed by atoms with Gasteiger partial charge in [0, 0.05) is 12.7 Å². The number of benzene rings is 2. The summed E-state index contributed by atoms with van der Waals surface area (Å²) >= 11 is 0. The van der Waals surface area contributed by atoms with E-state index < -0.39 is 5.91 Å². The third-order valence-corrected chi connectivity index (χ3v) is 4.69. The van der Waals surface area contributed by atoms with E-state index in [4.69, 9.17) is 13.9 Å². The number of hydrogen-bond acceptors (Lipinski definition) is 5. The fourth-order valence-electron chi connectivity index (χ4n) is 3.21. The molecule has 0 bridgehead atoms. The Balaban J connectivity index is 1.56. The molecule has 1 N–H and O–H groups in total. The van der Waals surface area contributed by atoms with E-state index in [1.54, 1.807) is 30.3 Å². The Morgan fingerprint density at radius 3 is 2.89 bits per heavy atom. The second-order valence-electron chi connectivity index (χ2n) is 6.87. The minimum atomic E-state index is -0.506. The van der Waals surface area contributed by atoms with Crippen LogP contribution < -0.4 is 15.5 Å². The van der Waals surface area contributed by atoms with Crippen LogP contribution in [0.15, 0.2) is 57.7 Å². The van der Waals surface area contributed by atoms with Gasteiger partial charge in [-0.3, -0.25) is 9.59 Å². The molecule has 0 radical (unpaired) electrons. The number of carbonyl (C=O) groups excluding carboxylic acids is 1. The van der Waals surface area contributed by atoms with Gasteiger partial charge in [0.25, 0.3) is 5.91 Å². The summed E-state index contributed by atoms with van der Waals surface area (Å²) < 4.78 is 17.1. The first-order valence-corrected chi connectivity index (χ1v) is 9.29. The molecule has 3 aromatic rings. The maximum absolute atomic E-state index is 12.7. The van der Waals surface area contributed by atoms with Gasteiger partial charge in [0.1, 0.15) is 17.9 Å². The van der Waals surface area contributed by atoms with Gasteiger partial charge in [0.15, 0.2) is 11.2 Å². The first-order chi connectivity index (χ1) is 13.6. The van der Waals surface area contributed by atoms with Crippen molar-refractivity contribution in [1.82, 2.24) is 0 Å². The second kappa shape index (κ2) is 7.86. The van der Waals surface area contributed by atoms with Gasteiger partial charge in [-0.1, -0.05) is 18.2 Å². The van der Waals surface area contributed by atoms with Crippen LogP contribution in [-0.4, -0.2) is 25.2 Å². The Bertz CT molecular complexity index is 1070. The van der Waals surface area contributed by atoms with Crippen LogP contribution >= 0.6 is 0 Å². The zero-order valence-corrected chi connectivity index (χ0v) is 15.6. The van der Waals surface area contributed by atoms with Crippen molar-refractivity contribution >= 4 is 22.6 Å². The van der Waals surface area contributed by atoms with Gasteiger partial charge < -0.3 is 19.2 Å². The van der Waals surface area contributed by atoms with Crippen molar-refractivity contribution in [3.05, 3.63) is 70.1 Å². The van der Waals surface area contributed by atoms with Gasteiger partial charge in [-0.15, -0.1) is 0 Å². The van der Waals surface area contributed by atoms with Gasteiger partial charge in [-0.05, 0) is 49.6 Å². The number of aryl methyl sites for hydroxylation is 1. The van der Waals surface area contributed by atoms with Crippen LogP contribution in [0.4, 0.5) is 5.69 Å². The highest BCUT2D eigenvalue weighted by atomic mass is 16.5. The van der Waals surface area contributed by atoms with Crippen LogP contribution in [0.2, 0.25) is 0 Å². The zero-order chi connectivity index (χ0) is 19.5. The fourth-order valence-corrected chi connectivity index (χ4v) is 3.21. The molecule has 1 saturated heterocycles. The molecular formula is C22H21NO5. The molecule has 1 fully saturated rings. The number of nitrogens with one attached hydrogen (secondary N) is 1. The SMILES string of the molecule is Cc1ccc(NC(=O)c2cc(=O)c3ccccc3o2)c(OC[C@H]2CCCO2)c1. The maximum atomic E-state index is 12.7. The minimum absolute atomic E-state index is 0.0469. The van der Waals surface area contributed by atoms with Crippen molar-refractivity contribution in [3.63, 3.8) is 0 Å². The average molecular weight is 379 g/mol. The first kappa shape index (κ1) is 18.3. The number of anilines is 1. The Hall–Kier alpha value is -3.12. The molecule has 1 aromatic heterocycles. The average Bonchev–Trinajstić information content (AvgIpc) is 3.21. The summed E-state index contributed by atoms with van der Waals surface area (Å²) in [6, 6.07) is 13.6. The quantitative estimate of drug-likeness (QED) is 0.727. The molecule has 0 aliphatic carbocycles. The molecule has 2 aromatic carbocycles. The second-order valence-corrected chi connectivity index (χ2v) is 6.87. The number of hydrogen-bond donors (Lipinski definition) is 1. The predicted octanol–water partition coefficient (Wildman–Crippen LogP) is 3.91. The lowest BCUT2D eigenvalue weighted by molar-refractivity contribution is 0.0681. The molecule has 6 heteroatoms. The summed E-state index contributed by atoms with van der Waals surface area (Å²) in [6.07, 6.45) is 2.07. The van der Waals surface area contributed by atoms with E-state index in [-0.39, 0.29) is 17.3 Å². The van der Waals surface area contributed by atoms with Crippen molar-refractivity contribution < 1.29 is 18.7 Å². The standard InChI is InChI=1S/C22H21NO5/c1-14-8-9-17(20(11-14)27-13-15-5-4-10-26-15)23-22(25)21-12-18(24)16-6-2-3-7-19(16)28-21/h2-3,6-9,11-12,15H,4-5,10,13H2,1H3,(H,23,25)/t15-/m1/s1. The van der Waals surface area contributed by atoms with Gasteiger partial charge in [-0.25, -0.2) is 0 Å². The lowest BCUT2D eigenvalue weighted by Crippen LogP contribution is -2.19. The van der Waals surface area contributed by atoms with Crippen LogP contribution in [0, 0.1) is 6.92 Å². The molecular weight excluding hydrogens is 358 g/mol. The van der Waals surface area contributed by atoms with Crippen LogP contribution in [0.1, 0.15) is 29.0 Å². The third-order valence-electron chi connectivity index (χ3n) is 4.69. The number of ether oxygens (including phenoxy) is 2. The molecule has 0 unspecified atom stereocenters. The number of amides is 1. The van der Waals surface area contributed by atoms with Crippen molar-refractivity contribution in [2.75, 3.05) is 18.5 Å². The van der Waals surface area contributed by atoms with E-state index in [2.05, 4.69) is 5.32 Å². The topological polar surface area (TPSA) is 77.8 Å². The monoisotopic (exact) mass is 379 g/mol. The zero-order valence-electron chi connectivity index (χ0n) is 15.6. The Morgan fingerprint density at radius 2 is 2.07 bits per heavy atom. The molecule has 4 rings (SSSR count). The predicted molar refractivity (Wildman–Crippen MR) is 106 cm³/mol. The molecule has 1 aliphatic heterocycles. The molecule has 144 valence electrons. The fraction of sp³-hybridized carbons (Fsp3) is 0.273. The van der Waals surface area contributed by atoms with Crippen LogP contribution in [0.25, 0.3) is 11.0 Å². The van der Waals surface area contributed by atoms with Gasteiger partial charge >= 0.3 is 0 Å². The maximum Gasteiger partial charge on any atom is 0.291 e. The van der Waals surface area contributed by atoms with Gasteiger partial charge in [-0.2, -0.15) is 0 Å². The summed E-state index contributed by atoms with van der Waals surface area (Å²) in [4.78, 5) is 24.9. The molecule has 0 spiro atoms. The van der Waals surface area contributed by atoms with E-state index in [1.807, 2.05) is 19.1 Å². The smallest absolute Gasteiger partial charge is 0.291 e. The molecule has 2 heterocycles. The van der Waals surface area contributed by atoms with Crippen LogP contribution in [0.3, 0.4) is 0 Å². The van der Waals surface area contributed by atoms with Crippen LogP contribution in [-0.2, 0) is 4.74 Å². The van der Waals surface area contributed by atoms with E-state index in [1.165, 1.54) is 6.07 Å². The molecule has 1 amide bonds. The highest BCUT2D eigenvalue weighted by molar-refractivity contribution is 6.03. The van der Waals surface area contributed by atoms with Crippen LogP contribution in [0.5, 0.6) is 5.75 Å². The summed E-state index contributed by atoms with van der Waals surface area (Å²) in [5, 5.41) is 3.22. The van der Waals surface area contributed by atoms with E-state index in [9.17, 15) is 9.59 Å². The van der Waals surface area contributed by atoms with Crippen molar-refractivity contribution in [2.24, 2.45) is 0 Å². The number of rotatable bonds is 5. The van der Waals surface area contributed by atoms with Crippen molar-refractivity contribution in [1.29, 1.82) is 0 Å². The Kier molecular flexibility index (Phi) is 5.12. The largest absolute Gasteiger partial charge is 0.489 e. The lowest BCUT2D eigenvalue weighted by atomic mass is 10.2. The summed E-state index contributed by atoms with van der Waals surface area (Å²) in [5.41, 5.74) is 1.65. The lowest BCUT2D eigenvalue weighted by Gasteiger charge is -2.16. The van der Waals surface area contributed by atoms with E-state index >= 15 is 0 Å². The Morgan fingerprint density at radius 1 is 1.21 bits per heavy atom. The molecule has 0 saturated carbocycles. The molecule has 1 aliphatic rings. The van der Waals surface area contributed by atoms with Gasteiger partial charge in [0.2, 0.25) is 0 Å².